The maximum Gasteiger partial charge on any atom is 0.255 e. The van der Waals surface area contributed by atoms with Gasteiger partial charge in [0.15, 0.2) is 0 Å². The summed E-state index contributed by atoms with van der Waals surface area (Å²) >= 11 is 0. The predicted octanol–water partition coefficient (Wildman–Crippen LogP) is 4.51. The molecule has 6 heteroatoms. The molecule has 0 atom stereocenters. The molecule has 28 heavy (non-hydrogen) atoms. The van der Waals surface area contributed by atoms with Crippen molar-refractivity contribution in [1.82, 2.24) is 4.31 Å². The lowest BCUT2D eigenvalue weighted by Gasteiger charge is -2.30. The summed E-state index contributed by atoms with van der Waals surface area (Å²) in [7, 11) is -1.86. The van der Waals surface area contributed by atoms with Gasteiger partial charge in [-0.2, -0.15) is 4.31 Å². The first-order valence-corrected chi connectivity index (χ1v) is 11.2. The minimum atomic E-state index is -3.53. The minimum absolute atomic E-state index is 0.0719. The first kappa shape index (κ1) is 20.6. The van der Waals surface area contributed by atoms with Crippen LogP contribution in [0.3, 0.4) is 0 Å². The summed E-state index contributed by atoms with van der Waals surface area (Å²) in [5, 5.41) is 2.84. The largest absolute Gasteiger partial charge is 0.322 e. The molecule has 5 nitrogen and oxygen atoms in total. The molecule has 1 amide bonds. The van der Waals surface area contributed by atoms with Crippen molar-refractivity contribution in [2.75, 3.05) is 12.4 Å². The van der Waals surface area contributed by atoms with Gasteiger partial charge in [-0.05, 0) is 62.6 Å². The number of hydrogen-bond donors (Lipinski definition) is 1. The summed E-state index contributed by atoms with van der Waals surface area (Å²) in [6.07, 6.45) is 5.17. The van der Waals surface area contributed by atoms with Gasteiger partial charge in [0.05, 0.1) is 4.90 Å². The quantitative estimate of drug-likeness (QED) is 0.803. The van der Waals surface area contributed by atoms with Gasteiger partial charge in [0.2, 0.25) is 10.0 Å². The third-order valence-electron chi connectivity index (χ3n) is 5.50. The lowest BCUT2D eigenvalue weighted by atomic mass is 9.96. The Morgan fingerprint density at radius 2 is 1.64 bits per heavy atom. The number of aryl methyl sites for hydroxylation is 2. The van der Waals surface area contributed by atoms with Gasteiger partial charge >= 0.3 is 0 Å². The molecule has 0 aliphatic heterocycles. The first-order valence-electron chi connectivity index (χ1n) is 9.76. The van der Waals surface area contributed by atoms with Crippen LogP contribution in [0.1, 0.15) is 53.6 Å². The fourth-order valence-electron chi connectivity index (χ4n) is 3.78. The van der Waals surface area contributed by atoms with Crippen molar-refractivity contribution in [2.45, 2.75) is 56.9 Å². The van der Waals surface area contributed by atoms with Crippen molar-refractivity contribution < 1.29 is 13.2 Å². The zero-order valence-corrected chi connectivity index (χ0v) is 17.6. The van der Waals surface area contributed by atoms with E-state index in [1.54, 1.807) is 37.4 Å². The van der Waals surface area contributed by atoms with E-state index in [-0.39, 0.29) is 16.8 Å². The molecule has 3 rings (SSSR count). The average molecular weight is 401 g/mol. The Hall–Kier alpha value is -2.18. The average Bonchev–Trinajstić information content (AvgIpc) is 2.68. The van der Waals surface area contributed by atoms with Gasteiger partial charge in [-0.25, -0.2) is 8.42 Å². The second kappa shape index (κ2) is 8.45. The van der Waals surface area contributed by atoms with Crippen LogP contribution in [0.15, 0.2) is 47.4 Å². The van der Waals surface area contributed by atoms with Gasteiger partial charge < -0.3 is 5.32 Å². The molecule has 150 valence electrons. The summed E-state index contributed by atoms with van der Waals surface area (Å²) in [4.78, 5) is 12.8. The summed E-state index contributed by atoms with van der Waals surface area (Å²) in [6.45, 7) is 3.89. The van der Waals surface area contributed by atoms with Crippen LogP contribution in [-0.2, 0) is 10.0 Å². The standard InChI is InChI=1S/C22H28N2O3S/c1-16-9-14-21(17(2)15-16)22(25)23-18-10-12-20(13-11-18)28(26,27)24(3)19-7-5-4-6-8-19/h9-15,19H,4-8H2,1-3H3,(H,23,25). The minimum Gasteiger partial charge on any atom is -0.322 e. The molecule has 0 bridgehead atoms. The Labute approximate surface area is 167 Å². The van der Waals surface area contributed by atoms with Crippen LogP contribution < -0.4 is 5.32 Å². The normalized spacial score (nSPS) is 15.6. The van der Waals surface area contributed by atoms with Crippen LogP contribution >= 0.6 is 0 Å². The van der Waals surface area contributed by atoms with Crippen molar-refractivity contribution in [3.05, 3.63) is 59.2 Å². The highest BCUT2D eigenvalue weighted by atomic mass is 32.2. The molecule has 0 heterocycles. The van der Waals surface area contributed by atoms with E-state index < -0.39 is 10.0 Å². The Bertz CT molecular complexity index is 946. The number of sulfonamides is 1. The molecule has 2 aromatic rings. The molecule has 0 saturated heterocycles. The second-order valence-electron chi connectivity index (χ2n) is 7.61. The topological polar surface area (TPSA) is 66.5 Å². The highest BCUT2D eigenvalue weighted by Gasteiger charge is 2.28. The van der Waals surface area contributed by atoms with Gasteiger partial charge in [-0.15, -0.1) is 0 Å². The Morgan fingerprint density at radius 1 is 1.00 bits per heavy atom. The van der Waals surface area contributed by atoms with Crippen molar-refractivity contribution >= 4 is 21.6 Å². The molecule has 0 unspecified atom stereocenters. The molecule has 0 aromatic heterocycles. The number of carbonyl (C=O) groups excluding carboxylic acids is 1. The van der Waals surface area contributed by atoms with Crippen LogP contribution in [0.2, 0.25) is 0 Å². The smallest absolute Gasteiger partial charge is 0.255 e. The highest BCUT2D eigenvalue weighted by molar-refractivity contribution is 7.89. The lowest BCUT2D eigenvalue weighted by Crippen LogP contribution is -2.38. The molecule has 1 N–H and O–H groups in total. The van der Waals surface area contributed by atoms with E-state index in [4.69, 9.17) is 0 Å². The number of anilines is 1. The van der Waals surface area contributed by atoms with E-state index in [1.807, 2.05) is 26.0 Å². The Morgan fingerprint density at radius 3 is 2.25 bits per heavy atom. The SMILES string of the molecule is Cc1ccc(C(=O)Nc2ccc(S(=O)(=O)N(C)C3CCCCC3)cc2)c(C)c1. The number of carbonyl (C=O) groups is 1. The number of benzene rings is 2. The van der Waals surface area contributed by atoms with Gasteiger partial charge in [-0.3, -0.25) is 4.79 Å². The summed E-state index contributed by atoms with van der Waals surface area (Å²) < 4.78 is 27.3. The molecular weight excluding hydrogens is 372 g/mol. The third-order valence-corrected chi connectivity index (χ3v) is 7.43. The fourth-order valence-corrected chi connectivity index (χ4v) is 5.20. The highest BCUT2D eigenvalue weighted by Crippen LogP contribution is 2.27. The van der Waals surface area contributed by atoms with E-state index in [2.05, 4.69) is 5.32 Å². The van der Waals surface area contributed by atoms with E-state index >= 15 is 0 Å². The van der Waals surface area contributed by atoms with Gasteiger partial charge in [0, 0.05) is 24.3 Å². The number of rotatable bonds is 5. The zero-order valence-electron chi connectivity index (χ0n) is 16.7. The maximum absolute atomic E-state index is 12.9. The first-order chi connectivity index (χ1) is 13.3. The van der Waals surface area contributed by atoms with Gasteiger partial charge in [-0.1, -0.05) is 37.0 Å². The van der Waals surface area contributed by atoms with Crippen LogP contribution in [0.4, 0.5) is 5.69 Å². The van der Waals surface area contributed by atoms with Gasteiger partial charge in [0.1, 0.15) is 0 Å². The van der Waals surface area contributed by atoms with Crippen molar-refractivity contribution in [3.8, 4) is 0 Å². The molecule has 1 saturated carbocycles. The number of nitrogens with zero attached hydrogens (tertiary/aromatic N) is 1. The van der Waals surface area contributed by atoms with E-state index in [9.17, 15) is 13.2 Å². The Kier molecular flexibility index (Phi) is 6.20. The fraction of sp³-hybridized carbons (Fsp3) is 0.409. The van der Waals surface area contributed by atoms with Crippen LogP contribution in [0.25, 0.3) is 0 Å². The second-order valence-corrected chi connectivity index (χ2v) is 9.61. The van der Waals surface area contributed by atoms with Gasteiger partial charge in [0.25, 0.3) is 5.91 Å². The van der Waals surface area contributed by atoms with Crippen molar-refractivity contribution in [2.24, 2.45) is 0 Å². The zero-order chi connectivity index (χ0) is 20.3. The number of amides is 1. The molecule has 1 fully saturated rings. The maximum atomic E-state index is 12.9. The lowest BCUT2D eigenvalue weighted by molar-refractivity contribution is 0.102. The van der Waals surface area contributed by atoms with E-state index in [1.165, 1.54) is 10.7 Å². The summed E-state index contributed by atoms with van der Waals surface area (Å²) in [6, 6.07) is 12.1. The third kappa shape index (κ3) is 4.45. The number of nitrogens with one attached hydrogen (secondary N) is 1. The van der Waals surface area contributed by atoms with Crippen molar-refractivity contribution in [1.29, 1.82) is 0 Å². The molecule has 0 spiro atoms. The molecule has 1 aliphatic carbocycles. The number of hydrogen-bond acceptors (Lipinski definition) is 3. The van der Waals surface area contributed by atoms with E-state index in [0.717, 1.165) is 36.8 Å². The summed E-state index contributed by atoms with van der Waals surface area (Å²) in [5.41, 5.74) is 3.19. The van der Waals surface area contributed by atoms with Crippen LogP contribution in [0, 0.1) is 13.8 Å². The predicted molar refractivity (Wildman–Crippen MR) is 112 cm³/mol. The van der Waals surface area contributed by atoms with Crippen LogP contribution in [0.5, 0.6) is 0 Å². The molecule has 1 aliphatic rings. The molecule has 0 radical (unpaired) electrons. The Balaban J connectivity index is 1.72. The summed E-state index contributed by atoms with van der Waals surface area (Å²) in [5.74, 6) is -0.201. The molecular formula is C22H28N2O3S. The monoisotopic (exact) mass is 400 g/mol. The van der Waals surface area contributed by atoms with Crippen LogP contribution in [-0.4, -0.2) is 31.7 Å². The molecule has 2 aromatic carbocycles. The van der Waals surface area contributed by atoms with Crippen molar-refractivity contribution in [3.63, 3.8) is 0 Å². The van der Waals surface area contributed by atoms with E-state index in [0.29, 0.717) is 11.3 Å².